The maximum Gasteiger partial charge on any atom is 0.251 e. The Kier molecular flexibility index (Phi) is 3.37. The van der Waals surface area contributed by atoms with Gasteiger partial charge in [0.25, 0.3) is 5.91 Å². The first-order valence-corrected chi connectivity index (χ1v) is 5.57. The second-order valence-electron chi connectivity index (χ2n) is 3.98. The van der Waals surface area contributed by atoms with Crippen LogP contribution < -0.4 is 5.32 Å². The molecule has 0 aromatic heterocycles. The van der Waals surface area contributed by atoms with Gasteiger partial charge in [0.1, 0.15) is 17.3 Å². The van der Waals surface area contributed by atoms with Gasteiger partial charge in [-0.25, -0.2) is 4.39 Å². The SMILES string of the molecule is CNC(=O)c1cc(O)c(-c2ccc(F)cc2)c(O)c1. The van der Waals surface area contributed by atoms with Crippen LogP contribution in [0.4, 0.5) is 4.39 Å². The number of nitrogens with one attached hydrogen (secondary N) is 1. The van der Waals surface area contributed by atoms with Crippen LogP contribution >= 0.6 is 0 Å². The summed E-state index contributed by atoms with van der Waals surface area (Å²) in [5.74, 6) is -1.32. The Hall–Kier alpha value is -2.56. The molecule has 0 radical (unpaired) electrons. The number of rotatable bonds is 2. The molecule has 4 nitrogen and oxygen atoms in total. The van der Waals surface area contributed by atoms with Crippen molar-refractivity contribution in [1.29, 1.82) is 0 Å². The minimum atomic E-state index is -0.420. The Bertz CT molecular complexity index is 600. The Morgan fingerprint density at radius 3 is 2.11 bits per heavy atom. The summed E-state index contributed by atoms with van der Waals surface area (Å²) in [6.45, 7) is 0. The van der Waals surface area contributed by atoms with Crippen molar-refractivity contribution in [2.24, 2.45) is 0 Å². The lowest BCUT2D eigenvalue weighted by Crippen LogP contribution is -2.17. The van der Waals surface area contributed by atoms with Crippen molar-refractivity contribution >= 4 is 5.91 Å². The zero-order valence-corrected chi connectivity index (χ0v) is 10.1. The third-order valence-electron chi connectivity index (χ3n) is 2.72. The van der Waals surface area contributed by atoms with E-state index in [1.54, 1.807) is 0 Å². The molecular formula is C14H12FNO3. The van der Waals surface area contributed by atoms with Gasteiger partial charge in [0.05, 0.1) is 5.56 Å². The van der Waals surface area contributed by atoms with Crippen LogP contribution in [0.25, 0.3) is 11.1 Å². The van der Waals surface area contributed by atoms with Crippen LogP contribution in [-0.4, -0.2) is 23.2 Å². The van der Waals surface area contributed by atoms with E-state index in [2.05, 4.69) is 5.32 Å². The Labute approximate surface area is 109 Å². The predicted octanol–water partition coefficient (Wildman–Crippen LogP) is 2.26. The molecule has 0 spiro atoms. The zero-order chi connectivity index (χ0) is 14.0. The van der Waals surface area contributed by atoms with Gasteiger partial charge in [0.15, 0.2) is 0 Å². The van der Waals surface area contributed by atoms with E-state index in [4.69, 9.17) is 0 Å². The van der Waals surface area contributed by atoms with E-state index in [9.17, 15) is 19.4 Å². The minimum Gasteiger partial charge on any atom is -0.507 e. The van der Waals surface area contributed by atoms with E-state index in [0.29, 0.717) is 5.56 Å². The summed E-state index contributed by atoms with van der Waals surface area (Å²) in [6, 6.07) is 7.81. The molecule has 1 amide bonds. The van der Waals surface area contributed by atoms with Gasteiger partial charge in [-0.3, -0.25) is 4.79 Å². The van der Waals surface area contributed by atoms with E-state index in [0.717, 1.165) is 0 Å². The number of hydrogen-bond acceptors (Lipinski definition) is 3. The van der Waals surface area contributed by atoms with E-state index in [1.807, 2.05) is 0 Å². The third kappa shape index (κ3) is 2.49. The summed E-state index contributed by atoms with van der Waals surface area (Å²) in [4.78, 5) is 11.4. The molecule has 3 N–H and O–H groups in total. The van der Waals surface area contributed by atoms with Crippen LogP contribution in [0, 0.1) is 5.82 Å². The van der Waals surface area contributed by atoms with Crippen molar-refractivity contribution in [3.8, 4) is 22.6 Å². The molecule has 0 saturated carbocycles. The molecule has 0 aliphatic rings. The van der Waals surface area contributed by atoms with Gasteiger partial charge in [-0.05, 0) is 29.8 Å². The first-order valence-electron chi connectivity index (χ1n) is 5.57. The smallest absolute Gasteiger partial charge is 0.251 e. The monoisotopic (exact) mass is 261 g/mol. The van der Waals surface area contributed by atoms with E-state index < -0.39 is 11.7 Å². The Balaban J connectivity index is 2.53. The van der Waals surface area contributed by atoms with Crippen molar-refractivity contribution in [2.75, 3.05) is 7.05 Å². The minimum absolute atomic E-state index is 0.142. The second kappa shape index (κ2) is 4.97. The standard InChI is InChI=1S/C14H12FNO3/c1-16-14(19)9-6-11(17)13(12(18)7-9)8-2-4-10(15)5-3-8/h2-7,17-18H,1H3,(H,16,19). The van der Waals surface area contributed by atoms with Crippen LogP contribution in [0.2, 0.25) is 0 Å². The molecule has 98 valence electrons. The molecule has 0 heterocycles. The van der Waals surface area contributed by atoms with Gasteiger partial charge in [-0.15, -0.1) is 0 Å². The molecule has 0 atom stereocenters. The molecule has 0 unspecified atom stereocenters. The number of hydrogen-bond donors (Lipinski definition) is 3. The number of carbonyl (C=O) groups is 1. The van der Waals surface area contributed by atoms with E-state index >= 15 is 0 Å². The van der Waals surface area contributed by atoms with Crippen LogP contribution in [-0.2, 0) is 0 Å². The molecule has 0 bridgehead atoms. The first kappa shape index (κ1) is 12.9. The number of phenols is 2. The maximum absolute atomic E-state index is 12.8. The average Bonchev–Trinajstić information content (AvgIpc) is 2.39. The highest BCUT2D eigenvalue weighted by Crippen LogP contribution is 2.38. The number of benzene rings is 2. The van der Waals surface area contributed by atoms with Gasteiger partial charge >= 0.3 is 0 Å². The quantitative estimate of drug-likeness (QED) is 0.776. The molecule has 0 saturated heterocycles. The summed E-state index contributed by atoms with van der Waals surface area (Å²) < 4.78 is 12.8. The van der Waals surface area contributed by atoms with Crippen molar-refractivity contribution in [3.05, 3.63) is 47.8 Å². The summed E-state index contributed by atoms with van der Waals surface area (Å²) in [5.41, 5.74) is 0.760. The molecule has 2 rings (SSSR count). The number of halogens is 1. The van der Waals surface area contributed by atoms with Crippen LogP contribution in [0.1, 0.15) is 10.4 Å². The molecule has 0 fully saturated rings. The van der Waals surface area contributed by atoms with Gasteiger partial charge in [-0.1, -0.05) is 12.1 Å². The number of phenolic OH excluding ortho intramolecular Hbond substituents is 2. The van der Waals surface area contributed by atoms with E-state index in [-0.39, 0.29) is 22.6 Å². The van der Waals surface area contributed by atoms with Crippen LogP contribution in [0.3, 0.4) is 0 Å². The second-order valence-corrected chi connectivity index (χ2v) is 3.98. The lowest BCUT2D eigenvalue weighted by molar-refractivity contribution is 0.0962. The van der Waals surface area contributed by atoms with Crippen molar-refractivity contribution in [2.45, 2.75) is 0 Å². The molecule has 5 heteroatoms. The number of amides is 1. The number of carbonyl (C=O) groups excluding carboxylic acids is 1. The summed E-state index contributed by atoms with van der Waals surface area (Å²) >= 11 is 0. The fraction of sp³-hybridized carbons (Fsp3) is 0.0714. The third-order valence-corrected chi connectivity index (χ3v) is 2.72. The fourth-order valence-corrected chi connectivity index (χ4v) is 1.80. The predicted molar refractivity (Wildman–Crippen MR) is 68.6 cm³/mol. The van der Waals surface area contributed by atoms with E-state index in [1.165, 1.54) is 43.4 Å². The highest BCUT2D eigenvalue weighted by Gasteiger charge is 2.15. The Morgan fingerprint density at radius 2 is 1.63 bits per heavy atom. The first-order chi connectivity index (χ1) is 9.02. The van der Waals surface area contributed by atoms with Crippen LogP contribution in [0.15, 0.2) is 36.4 Å². The summed E-state index contributed by atoms with van der Waals surface area (Å²) in [6.07, 6.45) is 0. The average molecular weight is 261 g/mol. The largest absolute Gasteiger partial charge is 0.507 e. The van der Waals surface area contributed by atoms with Gasteiger partial charge in [0, 0.05) is 12.6 Å². The molecular weight excluding hydrogens is 249 g/mol. The fourth-order valence-electron chi connectivity index (χ4n) is 1.80. The molecule has 0 aliphatic carbocycles. The van der Waals surface area contributed by atoms with Gasteiger partial charge in [-0.2, -0.15) is 0 Å². The summed E-state index contributed by atoms with van der Waals surface area (Å²) in [7, 11) is 1.45. The van der Waals surface area contributed by atoms with Crippen LogP contribution in [0.5, 0.6) is 11.5 Å². The van der Waals surface area contributed by atoms with Crippen molar-refractivity contribution < 1.29 is 19.4 Å². The highest BCUT2D eigenvalue weighted by atomic mass is 19.1. The summed E-state index contributed by atoms with van der Waals surface area (Å²) in [5, 5.41) is 22.2. The number of aromatic hydroxyl groups is 2. The zero-order valence-electron chi connectivity index (χ0n) is 10.1. The Morgan fingerprint density at radius 1 is 1.11 bits per heavy atom. The maximum atomic E-state index is 12.8. The normalized spacial score (nSPS) is 10.2. The van der Waals surface area contributed by atoms with Gasteiger partial charge < -0.3 is 15.5 Å². The molecule has 19 heavy (non-hydrogen) atoms. The lowest BCUT2D eigenvalue weighted by atomic mass is 10.0. The molecule has 2 aromatic carbocycles. The van der Waals surface area contributed by atoms with Crippen molar-refractivity contribution in [1.82, 2.24) is 5.32 Å². The van der Waals surface area contributed by atoms with Crippen molar-refractivity contribution in [3.63, 3.8) is 0 Å². The van der Waals surface area contributed by atoms with Gasteiger partial charge in [0.2, 0.25) is 0 Å². The lowest BCUT2D eigenvalue weighted by Gasteiger charge is -2.10. The highest BCUT2D eigenvalue weighted by molar-refractivity contribution is 5.96. The topological polar surface area (TPSA) is 69.6 Å². The molecule has 0 aliphatic heterocycles. The molecule has 2 aromatic rings.